The van der Waals surface area contributed by atoms with Crippen LogP contribution in [0.2, 0.25) is 0 Å². The molecule has 0 saturated carbocycles. The Morgan fingerprint density at radius 2 is 2.27 bits per heavy atom. The van der Waals surface area contributed by atoms with Crippen LogP contribution in [0.3, 0.4) is 0 Å². The summed E-state index contributed by atoms with van der Waals surface area (Å²) in [5.74, 6) is 1.76. The summed E-state index contributed by atoms with van der Waals surface area (Å²) >= 11 is 1.73. The van der Waals surface area contributed by atoms with Gasteiger partial charge in [0.1, 0.15) is 0 Å². The van der Waals surface area contributed by atoms with Crippen molar-refractivity contribution in [1.82, 2.24) is 4.98 Å². The molecule has 0 radical (unpaired) electrons. The van der Waals surface area contributed by atoms with Gasteiger partial charge in [0, 0.05) is 11.4 Å². The van der Waals surface area contributed by atoms with Gasteiger partial charge in [0.25, 0.3) is 0 Å². The second-order valence-electron chi connectivity index (χ2n) is 3.77. The molecule has 1 aromatic heterocycles. The molecule has 1 rings (SSSR count). The Hall–Kier alpha value is -1.01. The lowest BCUT2D eigenvalue weighted by molar-refractivity contribution is 0.636. The summed E-state index contributed by atoms with van der Waals surface area (Å²) in [4.78, 5) is 4.40. The average Bonchev–Trinajstić information content (AvgIpc) is 2.25. The Kier molecular flexibility index (Phi) is 4.64. The summed E-state index contributed by atoms with van der Waals surface area (Å²) in [5.41, 5.74) is 1.62. The maximum absolute atomic E-state index is 8.82. The van der Waals surface area contributed by atoms with Gasteiger partial charge in [-0.25, -0.2) is 4.98 Å². The number of hydrogen-bond acceptors (Lipinski definition) is 3. The number of hydrogen-bond donors (Lipinski definition) is 0. The van der Waals surface area contributed by atoms with Crippen LogP contribution in [0.25, 0.3) is 0 Å². The van der Waals surface area contributed by atoms with E-state index in [-0.39, 0.29) is 0 Å². The van der Waals surface area contributed by atoms with Gasteiger partial charge in [0.15, 0.2) is 0 Å². The Labute approximate surface area is 95.7 Å². The van der Waals surface area contributed by atoms with E-state index in [0.29, 0.717) is 11.5 Å². The fraction of sp³-hybridized carbons (Fsp3) is 0.500. The van der Waals surface area contributed by atoms with Crippen molar-refractivity contribution < 1.29 is 0 Å². The van der Waals surface area contributed by atoms with E-state index in [9.17, 15) is 0 Å². The summed E-state index contributed by atoms with van der Waals surface area (Å²) in [6.07, 6.45) is 1.18. The third kappa shape index (κ3) is 3.93. The van der Waals surface area contributed by atoms with Crippen LogP contribution in [-0.4, -0.2) is 10.7 Å². The number of aromatic nitrogens is 1. The molecular weight excluding hydrogens is 204 g/mol. The molecular formula is C12H16N2S. The quantitative estimate of drug-likeness (QED) is 0.730. The molecule has 2 nitrogen and oxygen atoms in total. The maximum atomic E-state index is 8.82. The number of aryl methyl sites for hydroxylation is 1. The molecule has 0 spiro atoms. The molecule has 3 heteroatoms. The predicted molar refractivity (Wildman–Crippen MR) is 63.9 cm³/mol. The summed E-state index contributed by atoms with van der Waals surface area (Å²) in [6.45, 7) is 6.34. The highest BCUT2D eigenvalue weighted by Crippen LogP contribution is 2.21. The lowest BCUT2D eigenvalue weighted by Crippen LogP contribution is -1.96. The van der Waals surface area contributed by atoms with Gasteiger partial charge < -0.3 is 0 Å². The maximum Gasteiger partial charge on any atom is 0.0993 e. The van der Waals surface area contributed by atoms with Crippen LogP contribution in [0, 0.1) is 24.2 Å². The molecule has 0 bridgehead atoms. The van der Waals surface area contributed by atoms with Crippen molar-refractivity contribution in [3.05, 3.63) is 23.4 Å². The zero-order chi connectivity index (χ0) is 11.3. The smallest absolute Gasteiger partial charge is 0.0993 e. The Morgan fingerprint density at radius 3 is 2.87 bits per heavy atom. The molecule has 1 aromatic rings. The first-order valence-electron chi connectivity index (χ1n) is 5.17. The highest BCUT2D eigenvalue weighted by molar-refractivity contribution is 7.99. The molecule has 0 amide bonds. The van der Waals surface area contributed by atoms with E-state index in [4.69, 9.17) is 5.26 Å². The summed E-state index contributed by atoms with van der Waals surface area (Å²) in [7, 11) is 0. The van der Waals surface area contributed by atoms with Gasteiger partial charge in [-0.2, -0.15) is 5.26 Å². The standard InChI is InChI=1S/C12H16N2S/c1-4-9(2)8-15-12-6-11(7-13)5-10(3)14-12/h5-6,9H,4,8H2,1-3H3. The summed E-state index contributed by atoms with van der Waals surface area (Å²) in [5, 5.41) is 9.79. The van der Waals surface area contributed by atoms with Crippen LogP contribution in [0.15, 0.2) is 17.2 Å². The van der Waals surface area contributed by atoms with E-state index in [0.717, 1.165) is 16.5 Å². The number of nitriles is 1. The molecule has 1 heterocycles. The number of nitrogens with zero attached hydrogens (tertiary/aromatic N) is 2. The van der Waals surface area contributed by atoms with Crippen molar-refractivity contribution in [2.45, 2.75) is 32.2 Å². The topological polar surface area (TPSA) is 36.7 Å². The van der Waals surface area contributed by atoms with E-state index in [1.807, 2.05) is 19.1 Å². The van der Waals surface area contributed by atoms with Gasteiger partial charge in [0.05, 0.1) is 16.7 Å². The first-order valence-corrected chi connectivity index (χ1v) is 6.15. The second-order valence-corrected chi connectivity index (χ2v) is 4.81. The molecule has 80 valence electrons. The van der Waals surface area contributed by atoms with Crippen molar-refractivity contribution >= 4 is 11.8 Å². The van der Waals surface area contributed by atoms with Crippen LogP contribution in [-0.2, 0) is 0 Å². The van der Waals surface area contributed by atoms with Gasteiger partial charge in [-0.15, -0.1) is 11.8 Å². The van der Waals surface area contributed by atoms with Gasteiger partial charge in [-0.05, 0) is 25.0 Å². The first kappa shape index (κ1) is 12.1. The SMILES string of the molecule is CCC(C)CSc1cc(C#N)cc(C)n1. The summed E-state index contributed by atoms with van der Waals surface area (Å²) in [6, 6.07) is 5.83. The number of thioether (sulfide) groups is 1. The van der Waals surface area contributed by atoms with E-state index in [2.05, 4.69) is 24.9 Å². The van der Waals surface area contributed by atoms with Crippen LogP contribution in [0.5, 0.6) is 0 Å². The van der Waals surface area contributed by atoms with Crippen LogP contribution in [0.4, 0.5) is 0 Å². The van der Waals surface area contributed by atoms with Gasteiger partial charge >= 0.3 is 0 Å². The minimum Gasteiger partial charge on any atom is -0.247 e. The zero-order valence-electron chi connectivity index (χ0n) is 9.45. The van der Waals surface area contributed by atoms with Crippen molar-refractivity contribution in [1.29, 1.82) is 5.26 Å². The number of rotatable bonds is 4. The minimum atomic E-state index is 0.697. The molecule has 0 aliphatic heterocycles. The Morgan fingerprint density at radius 1 is 1.53 bits per heavy atom. The first-order chi connectivity index (χ1) is 7.15. The van der Waals surface area contributed by atoms with E-state index < -0.39 is 0 Å². The highest BCUT2D eigenvalue weighted by Gasteiger charge is 2.03. The third-order valence-electron chi connectivity index (χ3n) is 2.27. The van der Waals surface area contributed by atoms with Crippen LogP contribution < -0.4 is 0 Å². The third-order valence-corrected chi connectivity index (χ3v) is 3.51. The van der Waals surface area contributed by atoms with E-state index in [1.54, 1.807) is 11.8 Å². The summed E-state index contributed by atoms with van der Waals surface area (Å²) < 4.78 is 0. The van der Waals surface area contributed by atoms with Gasteiger partial charge in [-0.3, -0.25) is 0 Å². The van der Waals surface area contributed by atoms with Crippen LogP contribution >= 0.6 is 11.8 Å². The van der Waals surface area contributed by atoms with Crippen molar-refractivity contribution in [2.24, 2.45) is 5.92 Å². The molecule has 15 heavy (non-hydrogen) atoms. The average molecular weight is 220 g/mol. The Bertz CT molecular complexity index is 368. The van der Waals surface area contributed by atoms with E-state index >= 15 is 0 Å². The van der Waals surface area contributed by atoms with Crippen molar-refractivity contribution in [3.63, 3.8) is 0 Å². The highest BCUT2D eigenvalue weighted by atomic mass is 32.2. The molecule has 0 aliphatic carbocycles. The van der Waals surface area contributed by atoms with Crippen molar-refractivity contribution in [2.75, 3.05) is 5.75 Å². The molecule has 0 saturated heterocycles. The molecule has 1 atom stereocenters. The minimum absolute atomic E-state index is 0.697. The predicted octanol–water partition coefficient (Wildman–Crippen LogP) is 3.40. The van der Waals surface area contributed by atoms with Gasteiger partial charge in [-0.1, -0.05) is 20.3 Å². The monoisotopic (exact) mass is 220 g/mol. The largest absolute Gasteiger partial charge is 0.247 e. The molecule has 0 aliphatic rings. The van der Waals surface area contributed by atoms with E-state index in [1.165, 1.54) is 6.42 Å². The second kappa shape index (κ2) is 5.77. The van der Waals surface area contributed by atoms with Crippen LogP contribution in [0.1, 0.15) is 31.5 Å². The lowest BCUT2D eigenvalue weighted by atomic mass is 10.2. The fourth-order valence-electron chi connectivity index (χ4n) is 1.12. The lowest BCUT2D eigenvalue weighted by Gasteiger charge is -2.07. The Balaban J connectivity index is 2.69. The normalized spacial score (nSPS) is 12.1. The zero-order valence-corrected chi connectivity index (χ0v) is 10.3. The fourth-order valence-corrected chi connectivity index (χ4v) is 2.23. The number of pyridine rings is 1. The molecule has 0 N–H and O–H groups in total. The molecule has 0 fully saturated rings. The van der Waals surface area contributed by atoms with Gasteiger partial charge in [0.2, 0.25) is 0 Å². The molecule has 0 aromatic carbocycles. The van der Waals surface area contributed by atoms with Crippen molar-refractivity contribution in [3.8, 4) is 6.07 Å². The molecule has 1 unspecified atom stereocenters.